The molecule has 3 heterocycles. The maximum atomic E-state index is 14.0. The molecule has 0 bridgehead atoms. The maximum absolute atomic E-state index is 14.0. The topological polar surface area (TPSA) is 63.2 Å². The smallest absolute Gasteiger partial charge is 0.230 e. The number of nitrogens with zero attached hydrogens (tertiary/aromatic N) is 6. The number of hydrogen-bond acceptors (Lipinski definition) is 6. The summed E-state index contributed by atoms with van der Waals surface area (Å²) >= 11 is 0. The highest BCUT2D eigenvalue weighted by molar-refractivity contribution is 4.96. The standard InChI is InChI=1S/C17H27FN6O/c1-12(2)17-21-20-16(25-17)11-22(3)9-14-7-13(18)8-24(14)10-15-19-5-6-23(15)4/h5-6,12-14H,7-11H2,1-4H3/t13-,14-/m0/s1. The molecule has 0 saturated carbocycles. The van der Waals surface area contributed by atoms with Crippen molar-refractivity contribution in [3.8, 4) is 0 Å². The Morgan fingerprint density at radius 3 is 2.84 bits per heavy atom. The van der Waals surface area contributed by atoms with Gasteiger partial charge in [-0.3, -0.25) is 9.80 Å². The Morgan fingerprint density at radius 2 is 2.20 bits per heavy atom. The molecule has 3 rings (SSSR count). The lowest BCUT2D eigenvalue weighted by Crippen LogP contribution is -2.38. The zero-order valence-corrected chi connectivity index (χ0v) is 15.4. The summed E-state index contributed by atoms with van der Waals surface area (Å²) < 4.78 is 21.6. The first-order chi connectivity index (χ1) is 11.9. The number of imidazole rings is 1. The fourth-order valence-corrected chi connectivity index (χ4v) is 3.26. The lowest BCUT2D eigenvalue weighted by Gasteiger charge is -2.27. The number of halogens is 1. The van der Waals surface area contributed by atoms with Gasteiger partial charge in [0.25, 0.3) is 0 Å². The summed E-state index contributed by atoms with van der Waals surface area (Å²) in [4.78, 5) is 8.65. The fourth-order valence-electron chi connectivity index (χ4n) is 3.26. The Kier molecular flexibility index (Phi) is 5.48. The molecule has 0 unspecified atom stereocenters. The van der Waals surface area contributed by atoms with Crippen LogP contribution in [0.3, 0.4) is 0 Å². The molecule has 0 aliphatic carbocycles. The largest absolute Gasteiger partial charge is 0.424 e. The molecule has 7 nitrogen and oxygen atoms in total. The third kappa shape index (κ3) is 4.43. The molecule has 0 amide bonds. The first kappa shape index (κ1) is 18.0. The predicted octanol–water partition coefficient (Wildman–Crippen LogP) is 1.97. The lowest BCUT2D eigenvalue weighted by molar-refractivity contribution is 0.169. The summed E-state index contributed by atoms with van der Waals surface area (Å²) in [5.41, 5.74) is 0. The summed E-state index contributed by atoms with van der Waals surface area (Å²) in [6.07, 6.45) is 3.47. The molecule has 2 aromatic rings. The minimum absolute atomic E-state index is 0.157. The Morgan fingerprint density at radius 1 is 1.40 bits per heavy atom. The van der Waals surface area contributed by atoms with Crippen LogP contribution in [0.25, 0.3) is 0 Å². The Labute approximate surface area is 147 Å². The van der Waals surface area contributed by atoms with E-state index in [-0.39, 0.29) is 12.0 Å². The zero-order valence-electron chi connectivity index (χ0n) is 15.4. The summed E-state index contributed by atoms with van der Waals surface area (Å²) in [5.74, 6) is 2.45. The van der Waals surface area contributed by atoms with Crippen LogP contribution in [-0.2, 0) is 20.1 Å². The molecule has 1 saturated heterocycles. The van der Waals surface area contributed by atoms with Gasteiger partial charge >= 0.3 is 0 Å². The number of rotatable bonds is 7. The van der Waals surface area contributed by atoms with Crippen LogP contribution < -0.4 is 0 Å². The second kappa shape index (κ2) is 7.61. The minimum atomic E-state index is -0.783. The van der Waals surface area contributed by atoms with E-state index in [1.165, 1.54) is 0 Å². The molecular weight excluding hydrogens is 323 g/mol. The normalized spacial score (nSPS) is 21.7. The van der Waals surface area contributed by atoms with Gasteiger partial charge in [-0.1, -0.05) is 13.8 Å². The lowest BCUT2D eigenvalue weighted by atomic mass is 10.2. The molecule has 1 aliphatic rings. The molecule has 0 spiro atoms. The molecule has 1 fully saturated rings. The van der Waals surface area contributed by atoms with Crippen LogP contribution in [0, 0.1) is 0 Å². The van der Waals surface area contributed by atoms with Gasteiger partial charge in [0.15, 0.2) is 0 Å². The van der Waals surface area contributed by atoms with Gasteiger partial charge in [0.1, 0.15) is 12.0 Å². The maximum Gasteiger partial charge on any atom is 0.230 e. The molecule has 0 N–H and O–H groups in total. The van der Waals surface area contributed by atoms with E-state index in [4.69, 9.17) is 4.42 Å². The van der Waals surface area contributed by atoms with Gasteiger partial charge in [-0.2, -0.15) is 0 Å². The Balaban J connectivity index is 1.58. The van der Waals surface area contributed by atoms with E-state index in [1.807, 2.05) is 38.7 Å². The van der Waals surface area contributed by atoms with Crippen LogP contribution in [0.4, 0.5) is 4.39 Å². The molecule has 8 heteroatoms. The second-order valence-electron chi connectivity index (χ2n) is 7.26. The first-order valence-electron chi connectivity index (χ1n) is 8.77. The molecule has 0 aromatic carbocycles. The number of likely N-dealkylation sites (tertiary alicyclic amines) is 1. The molecule has 25 heavy (non-hydrogen) atoms. The van der Waals surface area contributed by atoms with Gasteiger partial charge in [0.05, 0.1) is 13.1 Å². The highest BCUT2D eigenvalue weighted by Crippen LogP contribution is 2.23. The fraction of sp³-hybridized carbons (Fsp3) is 0.706. The Hall–Kier alpha value is -1.80. The third-order valence-corrected chi connectivity index (χ3v) is 4.65. The van der Waals surface area contributed by atoms with Crippen LogP contribution >= 0.6 is 0 Å². The van der Waals surface area contributed by atoms with E-state index >= 15 is 0 Å². The molecule has 0 radical (unpaired) electrons. The van der Waals surface area contributed by atoms with Crippen molar-refractivity contribution in [2.75, 3.05) is 20.1 Å². The quantitative estimate of drug-likeness (QED) is 0.761. The van der Waals surface area contributed by atoms with Crippen LogP contribution in [0.2, 0.25) is 0 Å². The SMILES string of the molecule is CC(C)c1nnc(CN(C)C[C@@H]2C[C@H](F)CN2Cc2nccn2C)o1. The molecule has 2 atom stereocenters. The molecule has 1 aliphatic heterocycles. The Bertz CT molecular complexity index is 684. The zero-order chi connectivity index (χ0) is 18.0. The average Bonchev–Trinajstić information content (AvgIpc) is 3.23. The van der Waals surface area contributed by atoms with Crippen LogP contribution in [0.1, 0.15) is 43.8 Å². The van der Waals surface area contributed by atoms with Crippen molar-refractivity contribution in [3.05, 3.63) is 30.0 Å². The van der Waals surface area contributed by atoms with E-state index in [0.29, 0.717) is 37.8 Å². The molecule has 2 aromatic heterocycles. The second-order valence-corrected chi connectivity index (χ2v) is 7.26. The number of aromatic nitrogens is 4. The van der Waals surface area contributed by atoms with E-state index in [2.05, 4.69) is 25.0 Å². The van der Waals surface area contributed by atoms with Gasteiger partial charge in [-0.25, -0.2) is 9.37 Å². The minimum Gasteiger partial charge on any atom is -0.424 e. The van der Waals surface area contributed by atoms with Gasteiger partial charge in [0.2, 0.25) is 11.8 Å². The summed E-state index contributed by atoms with van der Waals surface area (Å²) in [6, 6.07) is 0.157. The van der Waals surface area contributed by atoms with Crippen LogP contribution in [0.5, 0.6) is 0 Å². The van der Waals surface area contributed by atoms with Crippen molar-refractivity contribution in [3.63, 3.8) is 0 Å². The number of alkyl halides is 1. The summed E-state index contributed by atoms with van der Waals surface area (Å²) in [5, 5.41) is 8.16. The van der Waals surface area contributed by atoms with E-state index in [0.717, 1.165) is 12.4 Å². The number of aryl methyl sites for hydroxylation is 1. The van der Waals surface area contributed by atoms with E-state index in [9.17, 15) is 4.39 Å². The molecule has 138 valence electrons. The third-order valence-electron chi connectivity index (χ3n) is 4.65. The molecular formula is C17H27FN6O. The van der Waals surface area contributed by atoms with Crippen molar-refractivity contribution in [1.82, 2.24) is 29.5 Å². The van der Waals surface area contributed by atoms with Crippen molar-refractivity contribution >= 4 is 0 Å². The highest BCUT2D eigenvalue weighted by Gasteiger charge is 2.33. The van der Waals surface area contributed by atoms with E-state index < -0.39 is 6.17 Å². The monoisotopic (exact) mass is 350 g/mol. The van der Waals surface area contributed by atoms with Crippen molar-refractivity contribution in [2.45, 2.75) is 51.5 Å². The van der Waals surface area contributed by atoms with Gasteiger partial charge in [-0.05, 0) is 13.5 Å². The first-order valence-corrected chi connectivity index (χ1v) is 8.77. The van der Waals surface area contributed by atoms with Crippen LogP contribution in [0.15, 0.2) is 16.8 Å². The van der Waals surface area contributed by atoms with Gasteiger partial charge in [-0.15, -0.1) is 10.2 Å². The van der Waals surface area contributed by atoms with Gasteiger partial charge in [0, 0.05) is 44.5 Å². The predicted molar refractivity (Wildman–Crippen MR) is 91.6 cm³/mol. The van der Waals surface area contributed by atoms with E-state index in [1.54, 1.807) is 6.20 Å². The van der Waals surface area contributed by atoms with Crippen molar-refractivity contribution in [1.29, 1.82) is 0 Å². The average molecular weight is 350 g/mol. The highest BCUT2D eigenvalue weighted by atomic mass is 19.1. The van der Waals surface area contributed by atoms with Crippen molar-refractivity contribution in [2.24, 2.45) is 7.05 Å². The van der Waals surface area contributed by atoms with Crippen LogP contribution in [-0.4, -0.2) is 61.9 Å². The summed E-state index contributed by atoms with van der Waals surface area (Å²) in [6.45, 7) is 6.50. The van der Waals surface area contributed by atoms with Crippen molar-refractivity contribution < 1.29 is 8.81 Å². The van der Waals surface area contributed by atoms with Gasteiger partial charge < -0.3 is 8.98 Å². The number of likely N-dealkylation sites (N-methyl/N-ethyl adjacent to an activating group) is 1. The number of hydrogen-bond donors (Lipinski definition) is 0. The summed E-state index contributed by atoms with van der Waals surface area (Å²) in [7, 11) is 3.97.